The number of esters is 1. The van der Waals surface area contributed by atoms with Gasteiger partial charge in [0.05, 0.1) is 6.61 Å². The molecule has 0 aliphatic carbocycles. The van der Waals surface area contributed by atoms with Gasteiger partial charge >= 0.3 is 5.97 Å². The fraction of sp³-hybridized carbons (Fsp3) is 0.435. The lowest BCUT2D eigenvalue weighted by Gasteiger charge is -2.31. The van der Waals surface area contributed by atoms with Gasteiger partial charge in [-0.3, -0.25) is 4.79 Å². The van der Waals surface area contributed by atoms with Crippen molar-refractivity contribution < 1.29 is 19.0 Å². The van der Waals surface area contributed by atoms with Crippen LogP contribution >= 0.6 is 0 Å². The zero-order valence-electron chi connectivity index (χ0n) is 16.3. The van der Waals surface area contributed by atoms with Gasteiger partial charge in [-0.2, -0.15) is 0 Å². The molecule has 0 aromatic heterocycles. The highest BCUT2D eigenvalue weighted by molar-refractivity contribution is 5.75. The van der Waals surface area contributed by atoms with Crippen LogP contribution in [0.2, 0.25) is 0 Å². The molecular weight excluding hydrogens is 354 g/mol. The van der Waals surface area contributed by atoms with E-state index in [-0.39, 0.29) is 18.0 Å². The summed E-state index contributed by atoms with van der Waals surface area (Å²) in [5, 5.41) is 0. The molecule has 2 N–H and O–H groups in total. The number of para-hydroxylation sites is 2. The quantitative estimate of drug-likeness (QED) is 0.765. The standard InChI is InChI=1S/C23H29NO4/c1-17-22(28-20-12-6-3-7-13-20)18(9-8-14-21(24)23(25)27-17)15-16-26-19-10-4-2-5-11-19/h2-7,10-13,17-18,21-22H,8-9,14-16,24H2,1H3/t17-,18+,21-,22-/m0/s1. The molecule has 0 saturated carbocycles. The van der Waals surface area contributed by atoms with E-state index in [2.05, 4.69) is 0 Å². The average Bonchev–Trinajstić information content (AvgIpc) is 2.76. The van der Waals surface area contributed by atoms with Crippen molar-refractivity contribution in [1.82, 2.24) is 0 Å². The van der Waals surface area contributed by atoms with Crippen molar-refractivity contribution in [3.05, 3.63) is 60.7 Å². The van der Waals surface area contributed by atoms with Crippen LogP contribution in [0.25, 0.3) is 0 Å². The zero-order valence-corrected chi connectivity index (χ0v) is 16.3. The van der Waals surface area contributed by atoms with Crippen LogP contribution in [0.3, 0.4) is 0 Å². The van der Waals surface area contributed by atoms with Gasteiger partial charge in [-0.15, -0.1) is 0 Å². The summed E-state index contributed by atoms with van der Waals surface area (Å²) in [5.41, 5.74) is 5.96. The molecule has 1 heterocycles. The maximum atomic E-state index is 12.2. The first-order chi connectivity index (χ1) is 13.6. The van der Waals surface area contributed by atoms with E-state index in [0.717, 1.165) is 30.8 Å². The van der Waals surface area contributed by atoms with Gasteiger partial charge in [0.15, 0.2) is 0 Å². The van der Waals surface area contributed by atoms with E-state index in [4.69, 9.17) is 19.9 Å². The molecule has 28 heavy (non-hydrogen) atoms. The predicted octanol–water partition coefficient (Wildman–Crippen LogP) is 3.96. The van der Waals surface area contributed by atoms with Gasteiger partial charge < -0.3 is 19.9 Å². The minimum atomic E-state index is -0.570. The minimum absolute atomic E-state index is 0.192. The number of rotatable bonds is 6. The van der Waals surface area contributed by atoms with Crippen molar-refractivity contribution in [3.63, 3.8) is 0 Å². The monoisotopic (exact) mass is 383 g/mol. The molecule has 4 atom stereocenters. The normalized spacial score (nSPS) is 25.7. The van der Waals surface area contributed by atoms with E-state index in [1.807, 2.05) is 67.6 Å². The SMILES string of the molecule is C[C@@H]1OC(=O)[C@@H](N)CCC[C@H](CCOc2ccccc2)[C@H]1Oc1ccccc1. The molecule has 3 rings (SSSR count). The zero-order chi connectivity index (χ0) is 19.8. The van der Waals surface area contributed by atoms with Crippen LogP contribution in [0, 0.1) is 5.92 Å². The number of benzene rings is 2. The van der Waals surface area contributed by atoms with E-state index in [1.165, 1.54) is 0 Å². The van der Waals surface area contributed by atoms with Crippen molar-refractivity contribution in [1.29, 1.82) is 0 Å². The van der Waals surface area contributed by atoms with Crippen molar-refractivity contribution in [2.45, 2.75) is 50.9 Å². The molecule has 0 spiro atoms. The fourth-order valence-electron chi connectivity index (χ4n) is 3.60. The van der Waals surface area contributed by atoms with Crippen molar-refractivity contribution in [2.75, 3.05) is 6.61 Å². The summed E-state index contributed by atoms with van der Waals surface area (Å²) >= 11 is 0. The lowest BCUT2D eigenvalue weighted by Crippen LogP contribution is -2.42. The van der Waals surface area contributed by atoms with Crippen molar-refractivity contribution in [3.8, 4) is 11.5 Å². The Bertz CT molecular complexity index is 722. The number of cyclic esters (lactones) is 1. The molecule has 0 bridgehead atoms. The molecule has 1 fully saturated rings. The summed E-state index contributed by atoms with van der Waals surface area (Å²) in [6.07, 6.45) is 2.55. The Labute approximate surface area is 166 Å². The molecule has 150 valence electrons. The lowest BCUT2D eigenvalue weighted by molar-refractivity contribution is -0.155. The first-order valence-electron chi connectivity index (χ1n) is 9.99. The first kappa shape index (κ1) is 20.2. The molecule has 2 aromatic rings. The van der Waals surface area contributed by atoms with Gasteiger partial charge in [0.1, 0.15) is 29.7 Å². The molecule has 1 aliphatic rings. The van der Waals surface area contributed by atoms with Crippen LogP contribution < -0.4 is 15.2 Å². The number of hydrogen-bond donors (Lipinski definition) is 1. The molecule has 1 aliphatic heterocycles. The number of carbonyl (C=O) groups excluding carboxylic acids is 1. The third-order valence-corrected chi connectivity index (χ3v) is 5.14. The Balaban J connectivity index is 1.71. The van der Waals surface area contributed by atoms with Crippen molar-refractivity contribution >= 4 is 5.97 Å². The van der Waals surface area contributed by atoms with Gasteiger partial charge in [0.2, 0.25) is 0 Å². The Kier molecular flexibility index (Phi) is 7.31. The Morgan fingerprint density at radius 1 is 1.00 bits per heavy atom. The lowest BCUT2D eigenvalue weighted by atomic mass is 9.89. The fourth-order valence-corrected chi connectivity index (χ4v) is 3.60. The highest BCUT2D eigenvalue weighted by Gasteiger charge is 2.34. The highest BCUT2D eigenvalue weighted by atomic mass is 16.6. The Hall–Kier alpha value is -2.53. The predicted molar refractivity (Wildman–Crippen MR) is 108 cm³/mol. The van der Waals surface area contributed by atoms with Gasteiger partial charge in [0, 0.05) is 5.92 Å². The van der Waals surface area contributed by atoms with Gasteiger partial charge in [-0.25, -0.2) is 0 Å². The largest absolute Gasteiger partial charge is 0.494 e. The van der Waals surface area contributed by atoms with E-state index < -0.39 is 12.1 Å². The summed E-state index contributed by atoms with van der Waals surface area (Å²) in [6.45, 7) is 2.46. The summed E-state index contributed by atoms with van der Waals surface area (Å²) in [7, 11) is 0. The number of carbonyl (C=O) groups is 1. The molecular formula is C23H29NO4. The summed E-state index contributed by atoms with van der Waals surface area (Å²) < 4.78 is 17.8. The minimum Gasteiger partial charge on any atom is -0.494 e. The second-order valence-electron chi connectivity index (χ2n) is 7.29. The second kappa shape index (κ2) is 10.1. The molecule has 5 heteroatoms. The summed E-state index contributed by atoms with van der Waals surface area (Å²) in [5.74, 6) is 1.47. The van der Waals surface area contributed by atoms with Crippen LogP contribution in [-0.4, -0.2) is 30.8 Å². The van der Waals surface area contributed by atoms with Crippen LogP contribution in [0.5, 0.6) is 11.5 Å². The summed E-state index contributed by atoms with van der Waals surface area (Å²) in [6, 6.07) is 18.9. The van der Waals surface area contributed by atoms with Crippen LogP contribution in [0.4, 0.5) is 0 Å². The van der Waals surface area contributed by atoms with Crippen LogP contribution in [0.1, 0.15) is 32.6 Å². The molecule has 2 aromatic carbocycles. The average molecular weight is 383 g/mol. The Morgan fingerprint density at radius 2 is 1.64 bits per heavy atom. The van der Waals surface area contributed by atoms with Crippen LogP contribution in [0.15, 0.2) is 60.7 Å². The Morgan fingerprint density at radius 3 is 2.32 bits per heavy atom. The van der Waals surface area contributed by atoms with Gasteiger partial charge in [0.25, 0.3) is 0 Å². The third kappa shape index (κ3) is 5.73. The van der Waals surface area contributed by atoms with E-state index in [0.29, 0.717) is 13.0 Å². The molecule has 0 radical (unpaired) electrons. The second-order valence-corrected chi connectivity index (χ2v) is 7.29. The van der Waals surface area contributed by atoms with Crippen molar-refractivity contribution in [2.24, 2.45) is 11.7 Å². The van der Waals surface area contributed by atoms with E-state index in [1.54, 1.807) is 0 Å². The smallest absolute Gasteiger partial charge is 0.323 e. The highest BCUT2D eigenvalue weighted by Crippen LogP contribution is 2.28. The third-order valence-electron chi connectivity index (χ3n) is 5.14. The van der Waals surface area contributed by atoms with Gasteiger partial charge in [-0.05, 0) is 50.5 Å². The topological polar surface area (TPSA) is 70.8 Å². The summed E-state index contributed by atoms with van der Waals surface area (Å²) in [4.78, 5) is 12.2. The number of hydrogen-bond acceptors (Lipinski definition) is 5. The number of ether oxygens (including phenoxy) is 3. The van der Waals surface area contributed by atoms with E-state index in [9.17, 15) is 4.79 Å². The molecule has 1 saturated heterocycles. The van der Waals surface area contributed by atoms with Crippen LogP contribution in [-0.2, 0) is 9.53 Å². The molecule has 5 nitrogen and oxygen atoms in total. The first-order valence-corrected chi connectivity index (χ1v) is 9.99. The van der Waals surface area contributed by atoms with Gasteiger partial charge in [-0.1, -0.05) is 42.8 Å². The maximum Gasteiger partial charge on any atom is 0.323 e. The maximum absolute atomic E-state index is 12.2. The number of nitrogens with two attached hydrogens (primary N) is 1. The van der Waals surface area contributed by atoms with E-state index >= 15 is 0 Å². The molecule has 0 unspecified atom stereocenters. The molecule has 0 amide bonds.